The Labute approximate surface area is 177 Å². The van der Waals surface area contributed by atoms with Gasteiger partial charge in [-0.2, -0.15) is 0 Å². The number of ether oxygens (including phenoxy) is 1. The number of likely N-dealkylation sites (tertiary alicyclic amines) is 1. The van der Waals surface area contributed by atoms with Gasteiger partial charge in [0.2, 0.25) is 0 Å². The zero-order valence-corrected chi connectivity index (χ0v) is 17.8. The summed E-state index contributed by atoms with van der Waals surface area (Å²) in [5, 5.41) is 0.617. The topological polar surface area (TPSA) is 58.2 Å². The van der Waals surface area contributed by atoms with Crippen molar-refractivity contribution in [2.24, 2.45) is 0 Å². The summed E-state index contributed by atoms with van der Waals surface area (Å²) in [6.45, 7) is 3.20. The molecule has 2 aromatic carbocycles. The smallest absolute Gasteiger partial charge is 0.263 e. The zero-order valence-electron chi connectivity index (χ0n) is 15.5. The number of H-pyrrole nitrogens is 1. The lowest BCUT2D eigenvalue weighted by Crippen LogP contribution is -2.44. The first kappa shape index (κ1) is 19.3. The highest BCUT2D eigenvalue weighted by Gasteiger charge is 2.29. The number of carbonyl (C=O) groups excluding carboxylic acids is 1. The minimum Gasteiger partial charge on any atom is -0.480 e. The molecule has 1 aliphatic heterocycles. The number of carbonyl (C=O) groups is 1. The van der Waals surface area contributed by atoms with E-state index in [0.29, 0.717) is 29.8 Å². The van der Waals surface area contributed by atoms with Gasteiger partial charge in [-0.25, -0.2) is 4.98 Å². The van der Waals surface area contributed by atoms with E-state index in [1.807, 2.05) is 29.2 Å². The molecule has 0 aliphatic carbocycles. The fraction of sp³-hybridized carbons (Fsp3) is 0.333. The molecule has 5 nitrogen and oxygen atoms in total. The molecule has 1 N–H and O–H groups in total. The molecular weight excluding hydrogens is 442 g/mol. The van der Waals surface area contributed by atoms with E-state index in [2.05, 4.69) is 20.9 Å². The molecule has 1 saturated heterocycles. The van der Waals surface area contributed by atoms with Gasteiger partial charge in [-0.05, 0) is 66.0 Å². The van der Waals surface area contributed by atoms with Crippen LogP contribution >= 0.6 is 27.5 Å². The van der Waals surface area contributed by atoms with Crippen molar-refractivity contribution in [2.75, 3.05) is 13.1 Å². The highest BCUT2D eigenvalue weighted by Crippen LogP contribution is 2.30. The minimum atomic E-state index is -0.555. The van der Waals surface area contributed by atoms with Crippen LogP contribution in [0.3, 0.4) is 0 Å². The number of benzene rings is 2. The Hall–Kier alpha value is -2.05. The molecule has 2 heterocycles. The van der Waals surface area contributed by atoms with Crippen LogP contribution in [-0.2, 0) is 4.79 Å². The molecule has 3 aromatic rings. The summed E-state index contributed by atoms with van der Waals surface area (Å²) in [5.41, 5.74) is 2.05. The molecule has 0 radical (unpaired) electrons. The predicted octanol–water partition coefficient (Wildman–Crippen LogP) is 5.15. The quantitative estimate of drug-likeness (QED) is 0.583. The number of aromatic amines is 1. The maximum Gasteiger partial charge on any atom is 0.263 e. The number of imidazole rings is 1. The molecule has 7 heteroatoms. The number of piperidine rings is 1. The number of hydrogen-bond donors (Lipinski definition) is 1. The fourth-order valence-corrected chi connectivity index (χ4v) is 4.38. The van der Waals surface area contributed by atoms with Gasteiger partial charge < -0.3 is 14.6 Å². The average Bonchev–Trinajstić information content (AvgIpc) is 3.14. The molecule has 0 saturated carbocycles. The number of para-hydroxylation sites is 2. The minimum absolute atomic E-state index is 0.00454. The van der Waals surface area contributed by atoms with Gasteiger partial charge in [-0.1, -0.05) is 23.7 Å². The number of rotatable bonds is 4. The molecule has 1 amide bonds. The molecule has 1 aromatic heterocycles. The number of aromatic nitrogens is 2. The second kappa shape index (κ2) is 8.13. The Balaban J connectivity index is 1.36. The molecule has 1 atom stereocenters. The van der Waals surface area contributed by atoms with E-state index in [4.69, 9.17) is 21.3 Å². The lowest BCUT2D eigenvalue weighted by Gasteiger charge is -2.32. The van der Waals surface area contributed by atoms with E-state index < -0.39 is 6.10 Å². The molecule has 28 heavy (non-hydrogen) atoms. The first-order valence-electron chi connectivity index (χ1n) is 9.36. The van der Waals surface area contributed by atoms with Crippen LogP contribution in [0.5, 0.6) is 5.75 Å². The number of hydrogen-bond acceptors (Lipinski definition) is 3. The number of amides is 1. The Kier molecular flexibility index (Phi) is 5.60. The molecule has 1 unspecified atom stereocenters. The Morgan fingerprint density at radius 1 is 1.29 bits per heavy atom. The Morgan fingerprint density at radius 3 is 2.75 bits per heavy atom. The van der Waals surface area contributed by atoms with Gasteiger partial charge in [0.1, 0.15) is 11.6 Å². The van der Waals surface area contributed by atoms with Crippen molar-refractivity contribution in [1.82, 2.24) is 14.9 Å². The number of nitrogens with one attached hydrogen (secondary N) is 1. The van der Waals surface area contributed by atoms with Crippen LogP contribution in [0.2, 0.25) is 5.02 Å². The van der Waals surface area contributed by atoms with E-state index in [9.17, 15) is 4.79 Å². The van der Waals surface area contributed by atoms with Gasteiger partial charge in [0.05, 0.1) is 15.5 Å². The van der Waals surface area contributed by atoms with Crippen molar-refractivity contribution in [3.63, 3.8) is 0 Å². The summed E-state index contributed by atoms with van der Waals surface area (Å²) in [6, 6.07) is 13.3. The van der Waals surface area contributed by atoms with E-state index in [-0.39, 0.29) is 5.91 Å². The number of halogens is 2. The summed E-state index contributed by atoms with van der Waals surface area (Å²) in [5.74, 6) is 1.98. The number of fused-ring (bicyclic) bond motifs is 1. The molecule has 1 aliphatic rings. The molecular formula is C21H21BrClN3O2. The standard InChI is InChI=1S/C21H21BrClN3O2/c1-13(28-19-7-6-15(23)12-16(19)22)21(27)26-10-8-14(9-11-26)20-24-17-4-2-3-5-18(17)25-20/h2-7,12-14H,8-11H2,1H3,(H,24,25). The third kappa shape index (κ3) is 4.03. The van der Waals surface area contributed by atoms with Crippen molar-refractivity contribution in [1.29, 1.82) is 0 Å². The maximum atomic E-state index is 12.8. The van der Waals surface area contributed by atoms with E-state index in [1.54, 1.807) is 25.1 Å². The van der Waals surface area contributed by atoms with Crippen LogP contribution in [0.15, 0.2) is 46.9 Å². The van der Waals surface area contributed by atoms with E-state index >= 15 is 0 Å². The van der Waals surface area contributed by atoms with Gasteiger partial charge in [0.15, 0.2) is 6.10 Å². The van der Waals surface area contributed by atoms with Crippen LogP contribution in [0, 0.1) is 0 Å². The van der Waals surface area contributed by atoms with Gasteiger partial charge in [-0.3, -0.25) is 4.79 Å². The van der Waals surface area contributed by atoms with Crippen molar-refractivity contribution in [3.8, 4) is 5.75 Å². The normalized spacial score (nSPS) is 16.3. The van der Waals surface area contributed by atoms with Crippen LogP contribution in [0.4, 0.5) is 0 Å². The van der Waals surface area contributed by atoms with Gasteiger partial charge in [-0.15, -0.1) is 0 Å². The van der Waals surface area contributed by atoms with Crippen LogP contribution < -0.4 is 4.74 Å². The molecule has 0 bridgehead atoms. The fourth-order valence-electron chi connectivity index (χ4n) is 3.61. The third-order valence-corrected chi connectivity index (χ3v) is 6.00. The van der Waals surface area contributed by atoms with Gasteiger partial charge in [0, 0.05) is 24.0 Å². The first-order valence-corrected chi connectivity index (χ1v) is 10.5. The van der Waals surface area contributed by atoms with Crippen molar-refractivity contribution < 1.29 is 9.53 Å². The van der Waals surface area contributed by atoms with Crippen molar-refractivity contribution >= 4 is 44.5 Å². The van der Waals surface area contributed by atoms with Crippen molar-refractivity contribution in [2.45, 2.75) is 31.8 Å². The van der Waals surface area contributed by atoms with Crippen LogP contribution in [0.25, 0.3) is 11.0 Å². The van der Waals surface area contributed by atoms with Gasteiger partial charge >= 0.3 is 0 Å². The predicted molar refractivity (Wildman–Crippen MR) is 114 cm³/mol. The maximum absolute atomic E-state index is 12.8. The first-order chi connectivity index (χ1) is 13.5. The lowest BCUT2D eigenvalue weighted by molar-refractivity contribution is -0.139. The second-order valence-corrected chi connectivity index (χ2v) is 8.36. The highest BCUT2D eigenvalue weighted by atomic mass is 79.9. The van der Waals surface area contributed by atoms with E-state index in [0.717, 1.165) is 34.2 Å². The molecule has 4 rings (SSSR count). The molecule has 146 valence electrons. The van der Waals surface area contributed by atoms with E-state index in [1.165, 1.54) is 0 Å². The summed E-state index contributed by atoms with van der Waals surface area (Å²) in [6.07, 6.45) is 1.23. The zero-order chi connectivity index (χ0) is 19.7. The Morgan fingerprint density at radius 2 is 2.04 bits per heavy atom. The van der Waals surface area contributed by atoms with Crippen molar-refractivity contribution in [3.05, 3.63) is 57.8 Å². The Bertz CT molecular complexity index is 965. The third-order valence-electron chi connectivity index (χ3n) is 5.15. The highest BCUT2D eigenvalue weighted by molar-refractivity contribution is 9.10. The van der Waals surface area contributed by atoms with Crippen LogP contribution in [-0.4, -0.2) is 40.0 Å². The molecule has 1 fully saturated rings. The summed E-state index contributed by atoms with van der Waals surface area (Å²) in [4.78, 5) is 22.8. The van der Waals surface area contributed by atoms with Crippen LogP contribution in [0.1, 0.15) is 31.5 Å². The SMILES string of the molecule is CC(Oc1ccc(Cl)cc1Br)C(=O)N1CCC(c2nc3ccccc3[nH]2)CC1. The molecule has 0 spiro atoms. The summed E-state index contributed by atoms with van der Waals surface area (Å²) < 4.78 is 6.59. The largest absolute Gasteiger partial charge is 0.480 e. The van der Waals surface area contributed by atoms with Gasteiger partial charge in [0.25, 0.3) is 5.91 Å². The average molecular weight is 463 g/mol. The summed E-state index contributed by atoms with van der Waals surface area (Å²) in [7, 11) is 0. The monoisotopic (exact) mass is 461 g/mol. The number of nitrogens with zero attached hydrogens (tertiary/aromatic N) is 2. The lowest BCUT2D eigenvalue weighted by atomic mass is 9.96. The second-order valence-electron chi connectivity index (χ2n) is 7.07. The summed E-state index contributed by atoms with van der Waals surface area (Å²) >= 11 is 9.38.